The van der Waals surface area contributed by atoms with E-state index in [4.69, 9.17) is 4.74 Å². The number of anilines is 1. The van der Waals surface area contributed by atoms with Crippen LogP contribution in [0.3, 0.4) is 0 Å². The Balaban J connectivity index is 2.20. The first kappa shape index (κ1) is 12.9. The minimum atomic E-state index is -0.437. The molecule has 0 spiro atoms. The van der Waals surface area contributed by atoms with Crippen molar-refractivity contribution >= 4 is 11.7 Å². The fourth-order valence-corrected chi connectivity index (χ4v) is 2.34. The molecule has 0 aromatic heterocycles. The Kier molecular flexibility index (Phi) is 4.20. The van der Waals surface area contributed by atoms with Gasteiger partial charge in [-0.1, -0.05) is 18.2 Å². The quantitative estimate of drug-likeness (QED) is 0.831. The third-order valence-electron chi connectivity index (χ3n) is 3.17. The van der Waals surface area contributed by atoms with Crippen molar-refractivity contribution in [3.63, 3.8) is 0 Å². The molecule has 1 aromatic rings. The number of ether oxygens (including phenoxy) is 1. The number of hydrogen-bond acceptors (Lipinski definition) is 4. The molecule has 0 saturated heterocycles. The van der Waals surface area contributed by atoms with E-state index in [0.29, 0.717) is 6.61 Å². The molecule has 0 aliphatic carbocycles. The van der Waals surface area contributed by atoms with Gasteiger partial charge in [0.05, 0.1) is 12.7 Å². The number of aliphatic hydroxyl groups excluding tert-OH is 1. The van der Waals surface area contributed by atoms with Crippen LogP contribution in [0.15, 0.2) is 24.3 Å². The van der Waals surface area contributed by atoms with E-state index in [-0.39, 0.29) is 12.5 Å². The molecular weight excluding hydrogens is 230 g/mol. The van der Waals surface area contributed by atoms with Crippen LogP contribution in [0.1, 0.15) is 31.4 Å². The highest BCUT2D eigenvalue weighted by Gasteiger charge is 2.22. The highest BCUT2D eigenvalue weighted by molar-refractivity contribution is 5.76. The first-order chi connectivity index (χ1) is 8.72. The third kappa shape index (κ3) is 2.82. The molecule has 0 fully saturated rings. The summed E-state index contributed by atoms with van der Waals surface area (Å²) in [6.45, 7) is 3.22. The highest BCUT2D eigenvalue weighted by Crippen LogP contribution is 2.32. The Morgan fingerprint density at radius 1 is 1.50 bits per heavy atom. The summed E-state index contributed by atoms with van der Waals surface area (Å²) in [6.07, 6.45) is 1.17. The molecule has 4 heteroatoms. The largest absolute Gasteiger partial charge is 0.465 e. The van der Waals surface area contributed by atoms with Gasteiger partial charge in [0.2, 0.25) is 0 Å². The summed E-state index contributed by atoms with van der Waals surface area (Å²) in [7, 11) is 0. The maximum absolute atomic E-state index is 11.6. The molecular formula is C14H19NO3. The number of para-hydroxylation sites is 1. The highest BCUT2D eigenvalue weighted by atomic mass is 16.5. The second-order valence-electron chi connectivity index (χ2n) is 4.44. The molecule has 1 aliphatic heterocycles. The van der Waals surface area contributed by atoms with Gasteiger partial charge in [0.25, 0.3) is 0 Å². The number of aliphatic hydroxyl groups is 1. The summed E-state index contributed by atoms with van der Waals surface area (Å²) in [4.78, 5) is 13.6. The molecule has 1 aliphatic rings. The monoisotopic (exact) mass is 249 g/mol. The fraction of sp³-hybridized carbons (Fsp3) is 0.500. The lowest BCUT2D eigenvalue weighted by Crippen LogP contribution is -2.31. The van der Waals surface area contributed by atoms with Crippen LogP contribution in [0.4, 0.5) is 5.69 Å². The predicted molar refractivity (Wildman–Crippen MR) is 69.5 cm³/mol. The summed E-state index contributed by atoms with van der Waals surface area (Å²) in [6, 6.07) is 7.71. The van der Waals surface area contributed by atoms with Gasteiger partial charge in [-0.3, -0.25) is 4.79 Å². The summed E-state index contributed by atoms with van der Waals surface area (Å²) in [5.74, 6) is -0.219. The summed E-state index contributed by atoms with van der Waals surface area (Å²) in [5, 5.41) is 10.1. The van der Waals surface area contributed by atoms with E-state index in [0.717, 1.165) is 30.6 Å². The Morgan fingerprint density at radius 3 is 3.06 bits per heavy atom. The first-order valence-corrected chi connectivity index (χ1v) is 6.40. The van der Waals surface area contributed by atoms with Crippen molar-refractivity contribution in [3.8, 4) is 0 Å². The van der Waals surface area contributed by atoms with Gasteiger partial charge in [0, 0.05) is 17.8 Å². The number of hydrogen-bond donors (Lipinski definition) is 1. The minimum absolute atomic E-state index is 0.219. The van der Waals surface area contributed by atoms with E-state index in [2.05, 4.69) is 0 Å². The smallest absolute Gasteiger partial charge is 0.325 e. The van der Waals surface area contributed by atoms with Gasteiger partial charge in [-0.2, -0.15) is 0 Å². The van der Waals surface area contributed by atoms with Crippen LogP contribution in [0.2, 0.25) is 0 Å². The van der Waals surface area contributed by atoms with Crippen LogP contribution < -0.4 is 4.90 Å². The van der Waals surface area contributed by atoms with Gasteiger partial charge in [-0.25, -0.2) is 0 Å². The van der Waals surface area contributed by atoms with Gasteiger partial charge < -0.3 is 14.7 Å². The SMILES string of the molecule is CCOC(=O)CN1CCCC(O)c2ccccc21. The molecule has 0 amide bonds. The predicted octanol–water partition coefficient (Wildman–Crippen LogP) is 1.88. The number of esters is 1. The average molecular weight is 249 g/mol. The van der Waals surface area contributed by atoms with E-state index >= 15 is 0 Å². The van der Waals surface area contributed by atoms with Gasteiger partial charge in [0.1, 0.15) is 6.54 Å². The summed E-state index contributed by atoms with van der Waals surface area (Å²) in [5.41, 5.74) is 1.84. The van der Waals surface area contributed by atoms with Crippen LogP contribution in [-0.4, -0.2) is 30.8 Å². The molecule has 18 heavy (non-hydrogen) atoms. The molecule has 1 N–H and O–H groups in total. The second-order valence-corrected chi connectivity index (χ2v) is 4.44. The Hall–Kier alpha value is -1.55. The van der Waals surface area contributed by atoms with Gasteiger partial charge in [-0.05, 0) is 25.8 Å². The van der Waals surface area contributed by atoms with Crippen molar-refractivity contribution in [2.24, 2.45) is 0 Å². The number of benzene rings is 1. The molecule has 1 atom stereocenters. The summed E-state index contributed by atoms with van der Waals surface area (Å²) < 4.78 is 4.98. The van der Waals surface area contributed by atoms with Crippen LogP contribution in [0, 0.1) is 0 Å². The van der Waals surface area contributed by atoms with Gasteiger partial charge >= 0.3 is 5.97 Å². The first-order valence-electron chi connectivity index (χ1n) is 6.40. The van der Waals surface area contributed by atoms with Crippen LogP contribution in [0.5, 0.6) is 0 Å². The molecule has 4 nitrogen and oxygen atoms in total. The summed E-state index contributed by atoms with van der Waals surface area (Å²) >= 11 is 0. The van der Waals surface area contributed by atoms with Crippen molar-refractivity contribution in [1.29, 1.82) is 0 Å². The van der Waals surface area contributed by atoms with Crippen molar-refractivity contribution in [3.05, 3.63) is 29.8 Å². The van der Waals surface area contributed by atoms with Crippen molar-refractivity contribution in [2.45, 2.75) is 25.9 Å². The molecule has 0 bridgehead atoms. The van der Waals surface area contributed by atoms with Gasteiger partial charge in [0.15, 0.2) is 0 Å². The van der Waals surface area contributed by atoms with E-state index in [1.807, 2.05) is 29.2 Å². The molecule has 2 rings (SSSR count). The number of carbonyl (C=O) groups is 1. The van der Waals surface area contributed by atoms with Crippen LogP contribution in [0.25, 0.3) is 0 Å². The zero-order valence-corrected chi connectivity index (χ0v) is 10.6. The Morgan fingerprint density at radius 2 is 2.28 bits per heavy atom. The molecule has 1 aromatic carbocycles. The zero-order valence-electron chi connectivity index (χ0n) is 10.6. The van der Waals surface area contributed by atoms with E-state index < -0.39 is 6.10 Å². The number of carbonyl (C=O) groups excluding carboxylic acids is 1. The van der Waals surface area contributed by atoms with Gasteiger partial charge in [-0.15, -0.1) is 0 Å². The van der Waals surface area contributed by atoms with Crippen LogP contribution >= 0.6 is 0 Å². The zero-order chi connectivity index (χ0) is 13.0. The van der Waals surface area contributed by atoms with E-state index in [9.17, 15) is 9.90 Å². The topological polar surface area (TPSA) is 49.8 Å². The van der Waals surface area contributed by atoms with Crippen molar-refractivity contribution in [2.75, 3.05) is 24.6 Å². The maximum atomic E-state index is 11.6. The maximum Gasteiger partial charge on any atom is 0.325 e. The third-order valence-corrected chi connectivity index (χ3v) is 3.17. The average Bonchev–Trinajstić information content (AvgIpc) is 2.51. The fourth-order valence-electron chi connectivity index (χ4n) is 2.34. The van der Waals surface area contributed by atoms with E-state index in [1.54, 1.807) is 6.92 Å². The van der Waals surface area contributed by atoms with Crippen molar-refractivity contribution in [1.82, 2.24) is 0 Å². The van der Waals surface area contributed by atoms with Crippen molar-refractivity contribution < 1.29 is 14.6 Å². The molecule has 1 heterocycles. The lowest BCUT2D eigenvalue weighted by Gasteiger charge is -2.24. The van der Waals surface area contributed by atoms with Crippen LogP contribution in [-0.2, 0) is 9.53 Å². The Labute approximate surface area is 107 Å². The number of rotatable bonds is 3. The molecule has 1 unspecified atom stereocenters. The van der Waals surface area contributed by atoms with E-state index in [1.165, 1.54) is 0 Å². The lowest BCUT2D eigenvalue weighted by molar-refractivity contribution is -0.141. The normalized spacial score (nSPS) is 19.0. The number of nitrogens with zero attached hydrogens (tertiary/aromatic N) is 1. The second kappa shape index (κ2) is 5.87. The molecule has 98 valence electrons. The molecule has 0 radical (unpaired) electrons. The molecule has 0 saturated carbocycles. The Bertz CT molecular complexity index is 419. The minimum Gasteiger partial charge on any atom is -0.465 e. The standard InChI is InChI=1S/C14H19NO3/c1-2-18-14(17)10-15-9-5-8-13(16)11-6-3-4-7-12(11)15/h3-4,6-7,13,16H,2,5,8-10H2,1H3. The lowest BCUT2D eigenvalue weighted by atomic mass is 10.0. The number of fused-ring (bicyclic) bond motifs is 1.